The Bertz CT molecular complexity index is 2020. The lowest BCUT2D eigenvalue weighted by Crippen LogP contribution is -2.63. The van der Waals surface area contributed by atoms with Gasteiger partial charge in [-0.25, -0.2) is 4.79 Å². The monoisotopic (exact) mass is 1080 g/mol. The van der Waals surface area contributed by atoms with Gasteiger partial charge < -0.3 is 87.8 Å². The highest BCUT2D eigenvalue weighted by molar-refractivity contribution is 5.98. The third kappa shape index (κ3) is 26.0. The molecule has 9 atom stereocenters. The number of nitrogens with one attached hydrogen (secondary N) is 8. The van der Waals surface area contributed by atoms with Crippen LogP contribution in [0.2, 0.25) is 0 Å². The smallest absolute Gasteiger partial charge is 0.326 e. The molecule has 0 aliphatic rings. The average Bonchev–Trinajstić information content (AvgIpc) is 3.30. The lowest BCUT2D eigenvalue weighted by molar-refractivity contribution is -0.144. The van der Waals surface area contributed by atoms with Crippen LogP contribution in [0.3, 0.4) is 0 Å². The summed E-state index contributed by atoms with van der Waals surface area (Å²) in [4.78, 5) is 134. The zero-order valence-electron chi connectivity index (χ0n) is 46.5. The molecule has 0 aromatic heterocycles. The molecule has 0 saturated heterocycles. The van der Waals surface area contributed by atoms with E-state index in [9.17, 15) is 48.3 Å². The normalized spacial score (nSPS) is 14.9. The van der Waals surface area contributed by atoms with Crippen LogP contribution in [0.1, 0.15) is 122 Å². The molecule has 23 N–H and O–H groups in total. The maximum Gasteiger partial charge on any atom is 0.326 e. The van der Waals surface area contributed by atoms with E-state index in [-0.39, 0.29) is 69.6 Å². The second-order valence-electron chi connectivity index (χ2n) is 20.8. The number of amides is 8. The zero-order chi connectivity index (χ0) is 58.7. The summed E-state index contributed by atoms with van der Waals surface area (Å²) in [7, 11) is 0. The number of nitrogens with zero attached hydrogens (tertiary/aromatic N) is 3. The average molecular weight is 1080 g/mol. The van der Waals surface area contributed by atoms with Gasteiger partial charge in [-0.2, -0.15) is 0 Å². The number of carbonyl (C=O) groups is 9. The second kappa shape index (κ2) is 34.5. The molecule has 0 aromatic carbocycles. The largest absolute Gasteiger partial charge is 0.480 e. The van der Waals surface area contributed by atoms with Crippen molar-refractivity contribution < 1.29 is 48.3 Å². The number of nitrogens with two attached hydrogens (primary N) is 7. The summed E-state index contributed by atoms with van der Waals surface area (Å²) < 4.78 is 0. The molecule has 28 nitrogen and oxygen atoms in total. The molecule has 434 valence electrons. The van der Waals surface area contributed by atoms with Crippen molar-refractivity contribution in [3.05, 3.63) is 0 Å². The van der Waals surface area contributed by atoms with Crippen molar-refractivity contribution in [2.45, 2.75) is 176 Å². The predicted octanol–water partition coefficient (Wildman–Crippen LogP) is -3.63. The number of guanidine groups is 3. The molecule has 0 spiro atoms. The Morgan fingerprint density at radius 1 is 0.342 bits per heavy atom. The van der Waals surface area contributed by atoms with Gasteiger partial charge >= 0.3 is 5.97 Å². The Balaban J connectivity index is 6.58. The highest BCUT2D eigenvalue weighted by Crippen LogP contribution is 2.14. The van der Waals surface area contributed by atoms with Crippen molar-refractivity contribution in [3.8, 4) is 0 Å². The molecular weight excluding hydrogens is 989 g/mol. The highest BCUT2D eigenvalue weighted by Gasteiger charge is 2.38. The standard InChI is InChI=1S/C48H92N18O10/c1-22(2)31(61-39(69)30(18-15-21-58-48(54)55)60-38(68)29(17-14-20-57-47(52)53)59-37(67)28(49)16-13-19-56-46(50)51)40(70)62-32(23(3)4)41(71)63-33(24(5)6)42(72)64-34(25(7)8)43(73)65-35(26(9)10)44(74)66-36(27(11)12)45(75)76/h22-36H,13-21,49H2,1-12H3,(H,59,67)(H,60,68)(H,61,69)(H,62,70)(H,63,71)(H,64,72)(H,65,73)(H,66,74)(H,75,76)(H4,50,51,56)(H4,52,53,57)(H4,54,55,58)/t28-,29-,30-,31-,32-,33-,34-,35-,36-/m0/s1. The lowest BCUT2D eigenvalue weighted by atomic mass is 9.96. The number of hydrogen-bond acceptors (Lipinski definition) is 13. The van der Waals surface area contributed by atoms with E-state index in [0.717, 1.165) is 0 Å². The first-order valence-corrected chi connectivity index (χ1v) is 25.8. The number of carboxylic acids is 1. The molecule has 0 saturated carbocycles. The summed E-state index contributed by atoms with van der Waals surface area (Å²) in [6, 6.07) is -10.9. The maximum absolute atomic E-state index is 14.2. The van der Waals surface area contributed by atoms with Gasteiger partial charge in [0, 0.05) is 19.6 Å². The van der Waals surface area contributed by atoms with Crippen LogP contribution >= 0.6 is 0 Å². The number of carbonyl (C=O) groups excluding carboxylic acids is 8. The van der Waals surface area contributed by atoms with Crippen LogP contribution < -0.4 is 82.7 Å². The third-order valence-electron chi connectivity index (χ3n) is 11.9. The SMILES string of the molecule is CC(C)[C@H](NC(=O)[C@@H](NC(=O)[C@@H](NC(=O)[C@@H](NC(=O)[C@@H](NC(=O)[C@@H](NC(=O)[C@H](CCCN=C(N)N)NC(=O)[C@H](CCCN=C(N)N)NC(=O)[C@@H](N)CCCN=C(N)N)C(C)C)C(C)C)C(C)C)C(C)C)C(C)C)C(=O)O. The number of aliphatic carboxylic acids is 1. The van der Waals surface area contributed by atoms with Crippen molar-refractivity contribution in [2.75, 3.05) is 19.6 Å². The summed E-state index contributed by atoms with van der Waals surface area (Å²) in [5, 5.41) is 30.9. The Labute approximate surface area is 447 Å². The van der Waals surface area contributed by atoms with E-state index in [4.69, 9.17) is 40.1 Å². The van der Waals surface area contributed by atoms with Crippen LogP contribution in [0.15, 0.2) is 15.0 Å². The molecule has 76 heavy (non-hydrogen) atoms. The van der Waals surface area contributed by atoms with Gasteiger partial charge in [-0.05, 0) is 74.0 Å². The van der Waals surface area contributed by atoms with Crippen LogP contribution in [0.5, 0.6) is 0 Å². The van der Waals surface area contributed by atoms with Crippen LogP contribution in [0.4, 0.5) is 0 Å². The van der Waals surface area contributed by atoms with Gasteiger partial charge in [0.25, 0.3) is 0 Å². The van der Waals surface area contributed by atoms with E-state index in [1.807, 2.05) is 0 Å². The first-order valence-electron chi connectivity index (χ1n) is 25.8. The number of rotatable bonds is 35. The Morgan fingerprint density at radius 3 is 0.816 bits per heavy atom. The van der Waals surface area contributed by atoms with Crippen molar-refractivity contribution in [1.29, 1.82) is 0 Å². The maximum atomic E-state index is 14.2. The summed E-state index contributed by atoms with van der Waals surface area (Å²) in [6.07, 6.45) is 0.937. The molecule has 0 rings (SSSR count). The zero-order valence-corrected chi connectivity index (χ0v) is 46.5. The fraction of sp³-hybridized carbons (Fsp3) is 0.750. The van der Waals surface area contributed by atoms with E-state index in [0.29, 0.717) is 6.42 Å². The fourth-order valence-electron chi connectivity index (χ4n) is 7.40. The minimum absolute atomic E-state index is 0.0232. The first-order chi connectivity index (χ1) is 35.2. The Morgan fingerprint density at radius 2 is 0.566 bits per heavy atom. The minimum Gasteiger partial charge on any atom is -0.480 e. The molecule has 0 aliphatic carbocycles. The van der Waals surface area contributed by atoms with E-state index < -0.39 is 143 Å². The summed E-state index contributed by atoms with van der Waals surface area (Å²) >= 11 is 0. The molecule has 0 bridgehead atoms. The fourth-order valence-corrected chi connectivity index (χ4v) is 7.40. The van der Waals surface area contributed by atoms with Gasteiger partial charge in [-0.15, -0.1) is 0 Å². The quantitative estimate of drug-likeness (QED) is 0.0165. The molecule has 0 heterocycles. The van der Waals surface area contributed by atoms with Gasteiger partial charge in [0.2, 0.25) is 47.3 Å². The first kappa shape index (κ1) is 69.0. The van der Waals surface area contributed by atoms with Crippen LogP contribution in [-0.2, 0) is 43.2 Å². The van der Waals surface area contributed by atoms with E-state index in [1.54, 1.807) is 83.1 Å². The Kier molecular flexibility index (Phi) is 31.4. The summed E-state index contributed by atoms with van der Waals surface area (Å²) in [5.41, 5.74) is 38.8. The number of carboxylic acid groups (broad SMARTS) is 1. The predicted molar refractivity (Wildman–Crippen MR) is 290 cm³/mol. The van der Waals surface area contributed by atoms with Crippen LogP contribution in [0.25, 0.3) is 0 Å². The number of aliphatic imine (C=N–C) groups is 3. The second-order valence-corrected chi connectivity index (χ2v) is 20.8. The molecule has 0 aliphatic heterocycles. The highest BCUT2D eigenvalue weighted by atomic mass is 16.4. The van der Waals surface area contributed by atoms with Crippen molar-refractivity contribution in [2.24, 2.45) is 90.6 Å². The molecule has 28 heteroatoms. The van der Waals surface area contributed by atoms with Crippen molar-refractivity contribution in [1.82, 2.24) is 42.5 Å². The topological polar surface area (TPSA) is 489 Å². The molecule has 0 fully saturated rings. The van der Waals surface area contributed by atoms with Gasteiger partial charge in [0.15, 0.2) is 17.9 Å². The summed E-state index contributed by atoms with van der Waals surface area (Å²) in [5.74, 6) is -10.8. The Hall–Kier alpha value is -7.00. The van der Waals surface area contributed by atoms with Crippen molar-refractivity contribution in [3.63, 3.8) is 0 Å². The molecule has 0 radical (unpaired) electrons. The third-order valence-corrected chi connectivity index (χ3v) is 11.9. The van der Waals surface area contributed by atoms with E-state index in [2.05, 4.69) is 57.5 Å². The van der Waals surface area contributed by atoms with Crippen molar-refractivity contribution >= 4 is 71.1 Å². The van der Waals surface area contributed by atoms with Gasteiger partial charge in [-0.1, -0.05) is 83.1 Å². The van der Waals surface area contributed by atoms with Gasteiger partial charge in [0.05, 0.1) is 6.04 Å². The molecule has 8 amide bonds. The summed E-state index contributed by atoms with van der Waals surface area (Å²) in [6.45, 7) is 20.3. The van der Waals surface area contributed by atoms with E-state index in [1.165, 1.54) is 0 Å². The van der Waals surface area contributed by atoms with E-state index >= 15 is 0 Å². The van der Waals surface area contributed by atoms with Gasteiger partial charge in [-0.3, -0.25) is 53.3 Å². The number of hydrogen-bond donors (Lipinski definition) is 16. The van der Waals surface area contributed by atoms with Gasteiger partial charge in [0.1, 0.15) is 48.3 Å². The molecular formula is C48H92N18O10. The lowest BCUT2D eigenvalue weighted by Gasteiger charge is -2.32. The minimum atomic E-state index is -1.31. The molecule has 0 aromatic rings. The van der Waals surface area contributed by atoms with Crippen LogP contribution in [0, 0.1) is 35.5 Å². The molecule has 0 unspecified atom stereocenters. The van der Waals surface area contributed by atoms with Crippen LogP contribution in [-0.4, -0.2) is 150 Å².